The summed E-state index contributed by atoms with van der Waals surface area (Å²) in [7, 11) is 0. The number of hydrogen-bond donors (Lipinski definition) is 0. The molecule has 0 aliphatic rings. The van der Waals surface area contributed by atoms with Gasteiger partial charge in [0.05, 0.1) is 0 Å². The zero-order valence-corrected chi connectivity index (χ0v) is 11.6. The summed E-state index contributed by atoms with van der Waals surface area (Å²) in [5.74, 6) is -0.602. The highest BCUT2D eigenvalue weighted by atomic mass is 79.9. The number of carbonyl (C=O) groups excluding carboxylic acids is 1. The van der Waals surface area contributed by atoms with Gasteiger partial charge in [0, 0.05) is 21.5 Å². The van der Waals surface area contributed by atoms with Crippen molar-refractivity contribution in [3.8, 4) is 0 Å². The van der Waals surface area contributed by atoms with Gasteiger partial charge < -0.3 is 0 Å². The van der Waals surface area contributed by atoms with Crippen molar-refractivity contribution in [2.45, 2.75) is 6.42 Å². The highest BCUT2D eigenvalue weighted by molar-refractivity contribution is 9.10. The molecule has 2 aromatic rings. The highest BCUT2D eigenvalue weighted by Gasteiger charge is 2.11. The van der Waals surface area contributed by atoms with E-state index in [1.54, 1.807) is 24.3 Å². The van der Waals surface area contributed by atoms with Gasteiger partial charge in [0.2, 0.25) is 0 Å². The first-order valence-corrected chi connectivity index (χ1v) is 6.46. The van der Waals surface area contributed by atoms with Crippen LogP contribution in [-0.4, -0.2) is 5.78 Å². The minimum atomic E-state index is -0.438. The van der Waals surface area contributed by atoms with E-state index in [0.717, 1.165) is 5.56 Å². The molecule has 0 bridgehead atoms. The molecule has 0 radical (unpaired) electrons. The summed E-state index contributed by atoms with van der Waals surface area (Å²) in [5, 5.41) is 0.543. The van der Waals surface area contributed by atoms with Crippen LogP contribution in [-0.2, 0) is 6.42 Å². The van der Waals surface area contributed by atoms with Crippen LogP contribution in [0.4, 0.5) is 4.39 Å². The molecule has 0 saturated heterocycles. The zero-order chi connectivity index (χ0) is 13.1. The van der Waals surface area contributed by atoms with E-state index in [9.17, 15) is 9.18 Å². The van der Waals surface area contributed by atoms with Crippen LogP contribution in [0.15, 0.2) is 46.9 Å². The van der Waals surface area contributed by atoms with Gasteiger partial charge in [-0.25, -0.2) is 4.39 Å². The second kappa shape index (κ2) is 5.63. The third-order valence-corrected chi connectivity index (χ3v) is 3.32. The molecule has 0 atom stereocenters. The van der Waals surface area contributed by atoms with Crippen molar-refractivity contribution < 1.29 is 9.18 Å². The fourth-order valence-corrected chi connectivity index (χ4v) is 2.30. The third-order valence-electron chi connectivity index (χ3n) is 2.49. The van der Waals surface area contributed by atoms with Crippen LogP contribution in [0.25, 0.3) is 0 Å². The predicted molar refractivity (Wildman–Crippen MR) is 73.6 cm³/mol. The quantitative estimate of drug-likeness (QED) is 0.749. The summed E-state index contributed by atoms with van der Waals surface area (Å²) in [4.78, 5) is 12.0. The molecule has 0 amide bonds. The van der Waals surface area contributed by atoms with Crippen LogP contribution in [0, 0.1) is 5.82 Å². The Bertz CT molecular complexity index is 578. The number of rotatable bonds is 3. The number of hydrogen-bond acceptors (Lipinski definition) is 1. The molecule has 1 nitrogen and oxygen atoms in total. The van der Waals surface area contributed by atoms with Crippen molar-refractivity contribution in [2.24, 2.45) is 0 Å². The summed E-state index contributed by atoms with van der Waals surface area (Å²) in [5.41, 5.74) is 1.08. The second-order valence-electron chi connectivity index (χ2n) is 3.85. The summed E-state index contributed by atoms with van der Waals surface area (Å²) < 4.78 is 13.7. The van der Waals surface area contributed by atoms with E-state index in [1.807, 2.05) is 6.07 Å². The van der Waals surface area contributed by atoms with E-state index in [2.05, 4.69) is 15.9 Å². The standard InChI is InChI=1S/C14H9BrClFO/c15-11-5-10(6-12(17)8-11)14(18)7-9-3-1-2-4-13(9)16/h1-6,8H,7H2. The predicted octanol–water partition coefficient (Wildman–Crippen LogP) is 4.67. The van der Waals surface area contributed by atoms with Gasteiger partial charge in [0.1, 0.15) is 5.82 Å². The first kappa shape index (κ1) is 13.2. The number of carbonyl (C=O) groups is 1. The van der Waals surface area contributed by atoms with Crippen LogP contribution in [0.1, 0.15) is 15.9 Å². The van der Waals surface area contributed by atoms with Crippen molar-refractivity contribution in [2.75, 3.05) is 0 Å². The van der Waals surface area contributed by atoms with Gasteiger partial charge in [0.25, 0.3) is 0 Å². The number of Topliss-reactive ketones (excluding diaryl/α,β-unsaturated/α-hetero) is 1. The lowest BCUT2D eigenvalue weighted by molar-refractivity contribution is 0.0992. The fourth-order valence-electron chi connectivity index (χ4n) is 1.63. The Morgan fingerprint density at radius 2 is 1.94 bits per heavy atom. The minimum absolute atomic E-state index is 0.162. The average molecular weight is 328 g/mol. The van der Waals surface area contributed by atoms with E-state index in [0.29, 0.717) is 15.1 Å². The Hall–Kier alpha value is -1.19. The fraction of sp³-hybridized carbons (Fsp3) is 0.0714. The normalized spacial score (nSPS) is 10.4. The monoisotopic (exact) mass is 326 g/mol. The largest absolute Gasteiger partial charge is 0.294 e. The van der Waals surface area contributed by atoms with E-state index < -0.39 is 5.82 Å². The second-order valence-corrected chi connectivity index (χ2v) is 5.17. The Morgan fingerprint density at radius 1 is 1.22 bits per heavy atom. The third kappa shape index (κ3) is 3.18. The van der Waals surface area contributed by atoms with Crippen LogP contribution < -0.4 is 0 Å². The molecule has 2 aromatic carbocycles. The van der Waals surface area contributed by atoms with Crippen molar-refractivity contribution in [3.05, 3.63) is 68.9 Å². The van der Waals surface area contributed by atoms with Gasteiger partial charge in [0.15, 0.2) is 5.78 Å². The number of ketones is 1. The van der Waals surface area contributed by atoms with Crippen molar-refractivity contribution >= 4 is 33.3 Å². The van der Waals surface area contributed by atoms with Crippen LogP contribution in [0.2, 0.25) is 5.02 Å². The molecular formula is C14H9BrClFO. The topological polar surface area (TPSA) is 17.1 Å². The number of benzene rings is 2. The van der Waals surface area contributed by atoms with E-state index in [4.69, 9.17) is 11.6 Å². The Balaban J connectivity index is 2.25. The maximum Gasteiger partial charge on any atom is 0.167 e. The molecule has 0 heterocycles. The molecule has 0 N–H and O–H groups in total. The first-order chi connectivity index (χ1) is 8.56. The summed E-state index contributed by atoms with van der Waals surface area (Å²) in [6.07, 6.45) is 0.162. The molecular weight excluding hydrogens is 319 g/mol. The highest BCUT2D eigenvalue weighted by Crippen LogP contribution is 2.20. The Kier molecular flexibility index (Phi) is 4.15. The Morgan fingerprint density at radius 3 is 2.61 bits per heavy atom. The zero-order valence-electron chi connectivity index (χ0n) is 9.29. The molecule has 0 aromatic heterocycles. The summed E-state index contributed by atoms with van der Waals surface area (Å²) in [6.45, 7) is 0. The maximum atomic E-state index is 13.2. The molecule has 0 aliphatic heterocycles. The van der Waals surface area contributed by atoms with Gasteiger partial charge in [-0.1, -0.05) is 45.7 Å². The lowest BCUT2D eigenvalue weighted by atomic mass is 10.0. The summed E-state index contributed by atoms with van der Waals surface area (Å²) >= 11 is 9.15. The van der Waals surface area contributed by atoms with Gasteiger partial charge >= 0.3 is 0 Å². The molecule has 0 fully saturated rings. The molecule has 4 heteroatoms. The van der Waals surface area contributed by atoms with Crippen LogP contribution in [0.3, 0.4) is 0 Å². The number of halogens is 3. The molecule has 0 saturated carbocycles. The van der Waals surface area contributed by atoms with Crippen molar-refractivity contribution in [1.82, 2.24) is 0 Å². The molecule has 0 aliphatic carbocycles. The first-order valence-electron chi connectivity index (χ1n) is 5.29. The van der Waals surface area contributed by atoms with E-state index in [1.165, 1.54) is 12.1 Å². The lowest BCUT2D eigenvalue weighted by Gasteiger charge is -2.04. The van der Waals surface area contributed by atoms with Crippen molar-refractivity contribution in [1.29, 1.82) is 0 Å². The summed E-state index contributed by atoms with van der Waals surface area (Å²) in [6, 6.07) is 11.3. The van der Waals surface area contributed by atoms with Gasteiger partial charge in [-0.2, -0.15) is 0 Å². The lowest BCUT2D eigenvalue weighted by Crippen LogP contribution is -2.04. The molecule has 0 unspecified atom stereocenters. The van der Waals surface area contributed by atoms with Gasteiger partial charge in [-0.05, 0) is 29.8 Å². The average Bonchev–Trinajstić information content (AvgIpc) is 2.31. The minimum Gasteiger partial charge on any atom is -0.294 e. The Labute approximate surface area is 118 Å². The molecule has 2 rings (SSSR count). The SMILES string of the molecule is O=C(Cc1ccccc1Cl)c1cc(F)cc(Br)c1. The van der Waals surface area contributed by atoms with Crippen LogP contribution >= 0.6 is 27.5 Å². The van der Waals surface area contributed by atoms with E-state index >= 15 is 0 Å². The van der Waals surface area contributed by atoms with Gasteiger partial charge in [-0.3, -0.25) is 4.79 Å². The molecule has 0 spiro atoms. The van der Waals surface area contributed by atoms with Gasteiger partial charge in [-0.15, -0.1) is 0 Å². The maximum absolute atomic E-state index is 13.2. The molecule has 92 valence electrons. The smallest absolute Gasteiger partial charge is 0.167 e. The molecule has 18 heavy (non-hydrogen) atoms. The van der Waals surface area contributed by atoms with E-state index in [-0.39, 0.29) is 12.2 Å². The van der Waals surface area contributed by atoms with Crippen LogP contribution in [0.5, 0.6) is 0 Å². The van der Waals surface area contributed by atoms with Crippen molar-refractivity contribution in [3.63, 3.8) is 0 Å².